The maximum atomic E-state index is 14.0. The number of benzene rings is 1. The maximum Gasteiger partial charge on any atom is 0.149 e. The van der Waals surface area contributed by atoms with Crippen LogP contribution in [-0.4, -0.2) is 0 Å². The third-order valence-electron chi connectivity index (χ3n) is 2.58. The van der Waals surface area contributed by atoms with Crippen LogP contribution in [0.4, 0.5) is 4.39 Å². The van der Waals surface area contributed by atoms with E-state index in [4.69, 9.17) is 5.26 Å². The summed E-state index contributed by atoms with van der Waals surface area (Å²) in [5, 5.41) is 10.9. The summed E-state index contributed by atoms with van der Waals surface area (Å²) in [5.41, 5.74) is 1.70. The molecular formula is C14H12FNS. The molecule has 0 saturated heterocycles. The summed E-state index contributed by atoms with van der Waals surface area (Å²) in [7, 11) is 0. The molecule has 0 saturated carbocycles. The van der Waals surface area contributed by atoms with Crippen LogP contribution >= 0.6 is 11.3 Å². The highest BCUT2D eigenvalue weighted by Gasteiger charge is 2.12. The molecule has 17 heavy (non-hydrogen) atoms. The second kappa shape index (κ2) is 5.11. The largest absolute Gasteiger partial charge is 0.205 e. The van der Waals surface area contributed by atoms with Gasteiger partial charge in [-0.1, -0.05) is 19.4 Å². The molecule has 0 fully saturated rings. The Morgan fingerprint density at radius 3 is 2.82 bits per heavy atom. The third kappa shape index (κ3) is 2.37. The lowest BCUT2D eigenvalue weighted by atomic mass is 10.0. The molecule has 1 aromatic heterocycles. The molecule has 1 heterocycles. The Morgan fingerprint density at radius 1 is 1.41 bits per heavy atom. The fraction of sp³-hybridized carbons (Fsp3) is 0.214. The van der Waals surface area contributed by atoms with Crippen LogP contribution in [0.3, 0.4) is 0 Å². The van der Waals surface area contributed by atoms with E-state index in [1.165, 1.54) is 11.3 Å². The van der Waals surface area contributed by atoms with Crippen molar-refractivity contribution < 1.29 is 4.39 Å². The smallest absolute Gasteiger partial charge is 0.149 e. The molecule has 1 nitrogen and oxygen atoms in total. The van der Waals surface area contributed by atoms with Crippen LogP contribution in [0.15, 0.2) is 29.6 Å². The molecule has 3 heteroatoms. The average Bonchev–Trinajstić information content (AvgIpc) is 2.85. The maximum absolute atomic E-state index is 14.0. The zero-order valence-corrected chi connectivity index (χ0v) is 10.4. The van der Waals surface area contributed by atoms with Crippen LogP contribution in [-0.2, 0) is 6.42 Å². The zero-order valence-electron chi connectivity index (χ0n) is 9.53. The summed E-state index contributed by atoms with van der Waals surface area (Å²) in [6, 6.07) is 9.19. The normalized spacial score (nSPS) is 10.2. The Hall–Kier alpha value is -1.66. The van der Waals surface area contributed by atoms with E-state index in [-0.39, 0.29) is 5.56 Å². The quantitative estimate of drug-likeness (QED) is 0.787. The van der Waals surface area contributed by atoms with Crippen LogP contribution in [0.1, 0.15) is 24.5 Å². The first-order valence-electron chi connectivity index (χ1n) is 5.52. The minimum atomic E-state index is -0.408. The highest BCUT2D eigenvalue weighted by Crippen LogP contribution is 2.30. The summed E-state index contributed by atoms with van der Waals surface area (Å²) in [6.45, 7) is 2.07. The predicted octanol–water partition coefficient (Wildman–Crippen LogP) is 4.38. The van der Waals surface area contributed by atoms with E-state index in [2.05, 4.69) is 6.92 Å². The fourth-order valence-electron chi connectivity index (χ4n) is 1.81. The lowest BCUT2D eigenvalue weighted by molar-refractivity contribution is 0.627. The van der Waals surface area contributed by atoms with E-state index < -0.39 is 5.82 Å². The highest BCUT2D eigenvalue weighted by atomic mass is 32.1. The predicted molar refractivity (Wildman–Crippen MR) is 68.4 cm³/mol. The van der Waals surface area contributed by atoms with Gasteiger partial charge in [0.25, 0.3) is 0 Å². The van der Waals surface area contributed by atoms with Gasteiger partial charge in [-0.2, -0.15) is 5.26 Å². The van der Waals surface area contributed by atoms with Crippen molar-refractivity contribution >= 4 is 11.3 Å². The molecule has 0 amide bonds. The number of thiophene rings is 1. The van der Waals surface area contributed by atoms with Gasteiger partial charge in [-0.05, 0) is 35.6 Å². The summed E-state index contributed by atoms with van der Waals surface area (Å²) >= 11 is 1.49. The third-order valence-corrected chi connectivity index (χ3v) is 3.48. The van der Waals surface area contributed by atoms with Crippen LogP contribution in [0.25, 0.3) is 10.4 Å². The Morgan fingerprint density at radius 2 is 2.24 bits per heavy atom. The first-order valence-corrected chi connectivity index (χ1v) is 6.40. The SMILES string of the molecule is CCCc1cc(C#N)c(F)c(-c2cccs2)c1. The number of aryl methyl sites for hydroxylation is 1. The van der Waals surface area contributed by atoms with Crippen molar-refractivity contribution in [2.45, 2.75) is 19.8 Å². The van der Waals surface area contributed by atoms with Gasteiger partial charge in [-0.3, -0.25) is 0 Å². The second-order valence-electron chi connectivity index (χ2n) is 3.84. The number of rotatable bonds is 3. The second-order valence-corrected chi connectivity index (χ2v) is 4.79. The first kappa shape index (κ1) is 11.8. The van der Waals surface area contributed by atoms with Crippen molar-refractivity contribution in [3.63, 3.8) is 0 Å². The zero-order chi connectivity index (χ0) is 12.3. The lowest BCUT2D eigenvalue weighted by Gasteiger charge is -2.06. The van der Waals surface area contributed by atoms with Gasteiger partial charge in [-0.25, -0.2) is 4.39 Å². The van der Waals surface area contributed by atoms with Crippen molar-refractivity contribution in [1.29, 1.82) is 5.26 Å². The molecule has 2 aromatic rings. The van der Waals surface area contributed by atoms with Crippen molar-refractivity contribution in [1.82, 2.24) is 0 Å². The van der Waals surface area contributed by atoms with Gasteiger partial charge in [0.05, 0.1) is 5.56 Å². The molecule has 0 spiro atoms. The molecule has 0 N–H and O–H groups in total. The van der Waals surface area contributed by atoms with E-state index in [0.717, 1.165) is 23.3 Å². The van der Waals surface area contributed by atoms with Crippen molar-refractivity contribution in [3.05, 3.63) is 46.6 Å². The molecule has 0 bridgehead atoms. The van der Waals surface area contributed by atoms with Crippen molar-refractivity contribution in [2.75, 3.05) is 0 Å². The molecule has 0 aliphatic heterocycles. The average molecular weight is 245 g/mol. The van der Waals surface area contributed by atoms with Gasteiger partial charge < -0.3 is 0 Å². The summed E-state index contributed by atoms with van der Waals surface area (Å²) in [6.07, 6.45) is 1.85. The van der Waals surface area contributed by atoms with Crippen LogP contribution < -0.4 is 0 Å². The van der Waals surface area contributed by atoms with Gasteiger partial charge >= 0.3 is 0 Å². The number of halogens is 1. The molecule has 0 atom stereocenters. The fourth-order valence-corrected chi connectivity index (χ4v) is 2.55. The lowest BCUT2D eigenvalue weighted by Crippen LogP contribution is -1.93. The minimum Gasteiger partial charge on any atom is -0.205 e. The van der Waals surface area contributed by atoms with Crippen molar-refractivity contribution in [2.24, 2.45) is 0 Å². The summed E-state index contributed by atoms with van der Waals surface area (Å²) < 4.78 is 14.0. The topological polar surface area (TPSA) is 23.8 Å². The van der Waals surface area contributed by atoms with Gasteiger partial charge in [0.15, 0.2) is 0 Å². The number of nitrogens with zero attached hydrogens (tertiary/aromatic N) is 1. The first-order chi connectivity index (χ1) is 8.26. The summed E-state index contributed by atoms with van der Waals surface area (Å²) in [5.74, 6) is -0.408. The van der Waals surface area contributed by atoms with Crippen LogP contribution in [0.2, 0.25) is 0 Å². The van der Waals surface area contributed by atoms with E-state index in [0.29, 0.717) is 5.56 Å². The number of hydrogen-bond acceptors (Lipinski definition) is 2. The molecule has 2 rings (SSSR count). The highest BCUT2D eigenvalue weighted by molar-refractivity contribution is 7.13. The molecule has 86 valence electrons. The standard InChI is InChI=1S/C14H12FNS/c1-2-4-10-7-11(9-16)14(15)12(8-10)13-5-3-6-17-13/h3,5-8H,2,4H2,1H3. The van der Waals surface area contributed by atoms with Gasteiger partial charge in [0, 0.05) is 10.4 Å². The van der Waals surface area contributed by atoms with Gasteiger partial charge in [0.1, 0.15) is 11.9 Å². The molecule has 1 aromatic carbocycles. The Labute approximate surface area is 104 Å². The van der Waals surface area contributed by atoms with E-state index in [1.807, 2.05) is 29.6 Å². The monoisotopic (exact) mass is 245 g/mol. The number of nitriles is 1. The Balaban J connectivity index is 2.58. The van der Waals surface area contributed by atoms with E-state index >= 15 is 0 Å². The van der Waals surface area contributed by atoms with Gasteiger partial charge in [-0.15, -0.1) is 11.3 Å². The van der Waals surface area contributed by atoms with Crippen LogP contribution in [0, 0.1) is 17.1 Å². The van der Waals surface area contributed by atoms with Gasteiger partial charge in [0.2, 0.25) is 0 Å². The van der Waals surface area contributed by atoms with E-state index in [9.17, 15) is 4.39 Å². The van der Waals surface area contributed by atoms with Crippen molar-refractivity contribution in [3.8, 4) is 16.5 Å². The Kier molecular flexibility index (Phi) is 3.55. The molecular weight excluding hydrogens is 233 g/mol. The molecule has 0 radical (unpaired) electrons. The van der Waals surface area contributed by atoms with E-state index in [1.54, 1.807) is 6.07 Å². The Bertz CT molecular complexity index is 552. The molecule has 0 aliphatic rings. The summed E-state index contributed by atoms with van der Waals surface area (Å²) in [4.78, 5) is 0.872. The minimum absolute atomic E-state index is 0.138. The van der Waals surface area contributed by atoms with Crippen LogP contribution in [0.5, 0.6) is 0 Å². The number of hydrogen-bond donors (Lipinski definition) is 0. The molecule has 0 aliphatic carbocycles. The molecule has 0 unspecified atom stereocenters.